The minimum absolute atomic E-state index is 0.110. The molecule has 0 aliphatic carbocycles. The molecule has 0 spiro atoms. The van der Waals surface area contributed by atoms with E-state index in [1.807, 2.05) is 0 Å². The molecule has 0 aromatic heterocycles. The standard InChI is InChI=1S/C52H34B4N2/c1-27-8-14-31(15-9-27)53-39-6-5-7-40-47(39)57-48-41(53)20-22-43-50(48)58-51-44(23-21-42(49(51)57)54(40)32-16-10-28(2)11-17-32)56-38-19-13-30(4)25-34(38)36-26-35-33-24-29(3)12-18-37(33)55(43)45(35)52(58)46(36)56/h5-26H,1-4H3. The van der Waals surface area contributed by atoms with Gasteiger partial charge < -0.3 is 9.80 Å². The highest BCUT2D eigenvalue weighted by Gasteiger charge is 2.57. The normalized spacial score (nSPS) is 15.0. The van der Waals surface area contributed by atoms with E-state index in [1.165, 1.54) is 144 Å². The summed E-state index contributed by atoms with van der Waals surface area (Å²) >= 11 is 0. The third kappa shape index (κ3) is 3.33. The average molecular weight is 730 g/mol. The van der Waals surface area contributed by atoms with Crippen molar-refractivity contribution >= 4 is 127 Å². The molecule has 6 heteroatoms. The van der Waals surface area contributed by atoms with Crippen LogP contribution in [0.25, 0.3) is 22.3 Å². The quantitative estimate of drug-likeness (QED) is 0.252. The smallest absolute Gasteiger partial charge is 0.248 e. The van der Waals surface area contributed by atoms with Gasteiger partial charge >= 0.3 is 0 Å². The molecule has 0 amide bonds. The van der Waals surface area contributed by atoms with Crippen LogP contribution in [0.2, 0.25) is 0 Å². The Labute approximate surface area is 340 Å². The molecule has 0 unspecified atom stereocenters. The van der Waals surface area contributed by atoms with Crippen LogP contribution in [0, 0.1) is 27.7 Å². The van der Waals surface area contributed by atoms with Crippen molar-refractivity contribution in [2.75, 3.05) is 9.80 Å². The lowest BCUT2D eigenvalue weighted by molar-refractivity contribution is 1.19. The third-order valence-corrected chi connectivity index (χ3v) is 15.1. The highest BCUT2D eigenvalue weighted by molar-refractivity contribution is 7.07. The number of para-hydroxylation sites is 1. The topological polar surface area (TPSA) is 6.48 Å². The monoisotopic (exact) mass is 730 g/mol. The number of anilines is 6. The molecule has 0 bridgehead atoms. The van der Waals surface area contributed by atoms with E-state index in [9.17, 15) is 0 Å². The van der Waals surface area contributed by atoms with Crippen molar-refractivity contribution < 1.29 is 0 Å². The molecule has 7 aliphatic rings. The van der Waals surface area contributed by atoms with Gasteiger partial charge in [-0.15, -0.1) is 0 Å². The lowest BCUT2D eigenvalue weighted by Gasteiger charge is -2.54. The summed E-state index contributed by atoms with van der Waals surface area (Å²) in [6.07, 6.45) is 0. The Bertz CT molecular complexity index is 3100. The van der Waals surface area contributed by atoms with Crippen molar-refractivity contribution in [2.24, 2.45) is 0 Å². The number of hydrogen-bond acceptors (Lipinski definition) is 2. The van der Waals surface area contributed by atoms with Crippen LogP contribution >= 0.6 is 0 Å². The summed E-state index contributed by atoms with van der Waals surface area (Å²) in [6.45, 7) is 9.50. The van der Waals surface area contributed by atoms with E-state index in [0.717, 1.165) is 0 Å². The molecule has 8 aromatic rings. The zero-order valence-electron chi connectivity index (χ0n) is 32.9. The van der Waals surface area contributed by atoms with Crippen molar-refractivity contribution in [1.29, 1.82) is 0 Å². The van der Waals surface area contributed by atoms with Crippen LogP contribution in [-0.2, 0) is 0 Å². The van der Waals surface area contributed by atoms with Crippen molar-refractivity contribution in [3.63, 3.8) is 0 Å². The Morgan fingerprint density at radius 2 is 0.655 bits per heavy atom. The Morgan fingerprint density at radius 3 is 1.10 bits per heavy atom. The predicted molar refractivity (Wildman–Crippen MR) is 251 cm³/mol. The Kier molecular flexibility index (Phi) is 5.30. The maximum absolute atomic E-state index is 2.82. The molecule has 264 valence electrons. The van der Waals surface area contributed by atoms with E-state index >= 15 is 0 Å². The van der Waals surface area contributed by atoms with Gasteiger partial charge in [0.2, 0.25) is 26.9 Å². The number of benzene rings is 8. The van der Waals surface area contributed by atoms with Crippen LogP contribution < -0.4 is 75.4 Å². The van der Waals surface area contributed by atoms with Crippen molar-refractivity contribution in [3.8, 4) is 22.3 Å². The van der Waals surface area contributed by atoms with E-state index in [-0.39, 0.29) is 26.9 Å². The number of nitrogens with zero attached hydrogens (tertiary/aromatic N) is 2. The van der Waals surface area contributed by atoms with Crippen molar-refractivity contribution in [1.82, 2.24) is 0 Å². The first-order valence-electron chi connectivity index (χ1n) is 21.1. The maximum Gasteiger partial charge on any atom is 0.248 e. The van der Waals surface area contributed by atoms with Gasteiger partial charge in [0.05, 0.1) is 22.7 Å². The first-order chi connectivity index (χ1) is 28.4. The van der Waals surface area contributed by atoms with Gasteiger partial charge in [-0.25, -0.2) is 0 Å². The molecule has 0 radical (unpaired) electrons. The molecule has 8 aromatic carbocycles. The van der Waals surface area contributed by atoms with Crippen LogP contribution in [0.3, 0.4) is 0 Å². The Hall–Kier alpha value is -6.38. The first kappa shape index (κ1) is 30.7. The SMILES string of the molecule is Cc1ccc(B2c3cccc4c3N3c5c2ccc2c5N5c6c7c(cc8c6B(c6ccc(C)cc6-8)c6ccc(c3c65)B4c3ccc(C)cc3)-c3cc(C)ccc3B27)cc1. The van der Waals surface area contributed by atoms with Gasteiger partial charge in [0, 0.05) is 11.4 Å². The molecular formula is C52H34B4N2. The van der Waals surface area contributed by atoms with Crippen molar-refractivity contribution in [3.05, 3.63) is 156 Å². The number of rotatable bonds is 2. The molecule has 15 rings (SSSR count). The molecule has 0 saturated carbocycles. The van der Waals surface area contributed by atoms with E-state index in [4.69, 9.17) is 0 Å². The molecule has 58 heavy (non-hydrogen) atoms. The fraction of sp³-hybridized carbons (Fsp3) is 0.0769. The molecule has 0 atom stereocenters. The second-order valence-electron chi connectivity index (χ2n) is 18.2. The lowest BCUT2D eigenvalue weighted by Crippen LogP contribution is -2.69. The van der Waals surface area contributed by atoms with E-state index in [1.54, 1.807) is 0 Å². The highest BCUT2D eigenvalue weighted by atomic mass is 15.3. The largest absolute Gasteiger partial charge is 0.308 e. The number of fused-ring (bicyclic) bond motifs is 8. The van der Waals surface area contributed by atoms with Gasteiger partial charge in [0.1, 0.15) is 0 Å². The van der Waals surface area contributed by atoms with Gasteiger partial charge in [-0.1, -0.05) is 171 Å². The summed E-state index contributed by atoms with van der Waals surface area (Å²) in [6, 6.07) is 53.2. The summed E-state index contributed by atoms with van der Waals surface area (Å²) in [5, 5.41) is 0. The van der Waals surface area contributed by atoms with Gasteiger partial charge in [-0.2, -0.15) is 0 Å². The fourth-order valence-electron chi connectivity index (χ4n) is 12.9. The van der Waals surface area contributed by atoms with Gasteiger partial charge in [-0.05, 0) is 99.7 Å². The molecule has 7 heterocycles. The van der Waals surface area contributed by atoms with E-state index in [0.29, 0.717) is 0 Å². The van der Waals surface area contributed by atoms with Gasteiger partial charge in [0.15, 0.2) is 0 Å². The second-order valence-corrected chi connectivity index (χ2v) is 18.2. The predicted octanol–water partition coefficient (Wildman–Crippen LogP) is 3.45. The molecule has 0 N–H and O–H groups in total. The van der Waals surface area contributed by atoms with Gasteiger partial charge in [-0.3, -0.25) is 0 Å². The lowest BCUT2D eigenvalue weighted by atomic mass is 9.28. The van der Waals surface area contributed by atoms with Crippen LogP contribution in [0.15, 0.2) is 133 Å². The zero-order chi connectivity index (χ0) is 38.0. The van der Waals surface area contributed by atoms with Crippen LogP contribution in [-0.4, -0.2) is 26.9 Å². The zero-order valence-corrected chi connectivity index (χ0v) is 32.9. The van der Waals surface area contributed by atoms with Crippen molar-refractivity contribution in [2.45, 2.75) is 27.7 Å². The van der Waals surface area contributed by atoms with Crippen LogP contribution in [0.1, 0.15) is 22.3 Å². The summed E-state index contributed by atoms with van der Waals surface area (Å²) in [4.78, 5) is 5.59. The summed E-state index contributed by atoms with van der Waals surface area (Å²) in [5.74, 6) is 0. The highest BCUT2D eigenvalue weighted by Crippen LogP contribution is 2.57. The molecule has 0 saturated heterocycles. The average Bonchev–Trinajstić information content (AvgIpc) is 3.74. The fourth-order valence-corrected chi connectivity index (χ4v) is 12.9. The molecule has 0 fully saturated rings. The van der Waals surface area contributed by atoms with Crippen LogP contribution in [0.5, 0.6) is 0 Å². The first-order valence-corrected chi connectivity index (χ1v) is 21.1. The third-order valence-electron chi connectivity index (χ3n) is 15.1. The molecule has 7 aliphatic heterocycles. The van der Waals surface area contributed by atoms with E-state index < -0.39 is 0 Å². The minimum atomic E-state index is 0.110. The minimum Gasteiger partial charge on any atom is -0.308 e. The summed E-state index contributed by atoms with van der Waals surface area (Å²) < 4.78 is 0. The maximum atomic E-state index is 2.82. The Morgan fingerprint density at radius 1 is 0.293 bits per heavy atom. The second kappa shape index (κ2) is 10.0. The Balaban J connectivity index is 1.15. The molecular weight excluding hydrogens is 696 g/mol. The number of hydrogen-bond donors (Lipinski definition) is 0. The summed E-state index contributed by atoms with van der Waals surface area (Å²) in [7, 11) is 0. The van der Waals surface area contributed by atoms with Crippen LogP contribution in [0.4, 0.5) is 34.1 Å². The number of aryl methyl sites for hydroxylation is 4. The van der Waals surface area contributed by atoms with E-state index in [2.05, 4.69) is 171 Å². The van der Waals surface area contributed by atoms with Gasteiger partial charge in [0.25, 0.3) is 0 Å². The summed E-state index contributed by atoms with van der Waals surface area (Å²) in [5.41, 5.74) is 36.4. The molecule has 2 nitrogen and oxygen atoms in total.